The zero-order valence-corrected chi connectivity index (χ0v) is 11.1. The maximum absolute atomic E-state index is 10.4. The first-order chi connectivity index (χ1) is 8.78. The lowest BCUT2D eigenvalue weighted by atomic mass is 10.1. The van der Waals surface area contributed by atoms with E-state index < -0.39 is 6.10 Å². The molecule has 1 aromatic heterocycles. The second kappa shape index (κ2) is 4.75. The molecule has 0 fully saturated rings. The van der Waals surface area contributed by atoms with Crippen LogP contribution in [0.15, 0.2) is 36.4 Å². The normalized spacial score (nSPS) is 19.3. The smallest absolute Gasteiger partial charge is 0.134 e. The van der Waals surface area contributed by atoms with Crippen molar-refractivity contribution >= 4 is 11.3 Å². The second-order valence-electron chi connectivity index (χ2n) is 4.57. The van der Waals surface area contributed by atoms with Gasteiger partial charge in [-0.25, -0.2) is 0 Å². The van der Waals surface area contributed by atoms with Crippen LogP contribution in [-0.2, 0) is 12.8 Å². The molecular weight excluding hydrogens is 244 g/mol. The van der Waals surface area contributed by atoms with Gasteiger partial charge >= 0.3 is 0 Å². The molecule has 1 aliphatic heterocycles. The lowest BCUT2D eigenvalue weighted by Crippen LogP contribution is -2.22. The van der Waals surface area contributed by atoms with Crippen LogP contribution in [0.1, 0.15) is 28.3 Å². The van der Waals surface area contributed by atoms with Crippen LogP contribution in [0.3, 0.4) is 0 Å². The predicted octanol–water partition coefficient (Wildman–Crippen LogP) is 3.35. The van der Waals surface area contributed by atoms with Gasteiger partial charge in [0.05, 0.1) is 0 Å². The summed E-state index contributed by atoms with van der Waals surface area (Å²) >= 11 is 1.68. The number of rotatable bonds is 3. The van der Waals surface area contributed by atoms with Crippen LogP contribution in [-0.4, -0.2) is 11.2 Å². The van der Waals surface area contributed by atoms with E-state index in [9.17, 15) is 5.11 Å². The Balaban J connectivity index is 1.77. The SMILES string of the molecule is CCc1ccc(C(O)C2Cc3ccccc3O2)s1. The van der Waals surface area contributed by atoms with Crippen molar-refractivity contribution in [3.05, 3.63) is 51.7 Å². The van der Waals surface area contributed by atoms with Gasteiger partial charge in [-0.15, -0.1) is 11.3 Å². The van der Waals surface area contributed by atoms with Crippen LogP contribution in [0.2, 0.25) is 0 Å². The van der Waals surface area contributed by atoms with Crippen molar-refractivity contribution in [2.45, 2.75) is 32.0 Å². The number of hydrogen-bond acceptors (Lipinski definition) is 3. The number of para-hydroxylation sites is 1. The van der Waals surface area contributed by atoms with Crippen LogP contribution in [0.25, 0.3) is 0 Å². The predicted molar refractivity (Wildman–Crippen MR) is 73.2 cm³/mol. The number of ether oxygens (including phenoxy) is 1. The topological polar surface area (TPSA) is 29.5 Å². The first-order valence-electron chi connectivity index (χ1n) is 6.29. The summed E-state index contributed by atoms with van der Waals surface area (Å²) in [6.45, 7) is 2.13. The average Bonchev–Trinajstić information content (AvgIpc) is 3.04. The largest absolute Gasteiger partial charge is 0.487 e. The summed E-state index contributed by atoms with van der Waals surface area (Å²) in [5, 5.41) is 10.4. The van der Waals surface area contributed by atoms with Crippen molar-refractivity contribution < 1.29 is 9.84 Å². The Bertz CT molecular complexity index is 522. The van der Waals surface area contributed by atoms with Crippen LogP contribution < -0.4 is 4.74 Å². The molecular formula is C15H16O2S. The fraction of sp³-hybridized carbons (Fsp3) is 0.333. The number of thiophene rings is 1. The number of benzene rings is 1. The van der Waals surface area contributed by atoms with E-state index >= 15 is 0 Å². The molecule has 18 heavy (non-hydrogen) atoms. The molecule has 1 aromatic carbocycles. The highest BCUT2D eigenvalue weighted by atomic mass is 32.1. The van der Waals surface area contributed by atoms with Crippen molar-refractivity contribution in [1.82, 2.24) is 0 Å². The van der Waals surface area contributed by atoms with E-state index in [2.05, 4.69) is 19.1 Å². The van der Waals surface area contributed by atoms with Gasteiger partial charge in [0, 0.05) is 16.2 Å². The Labute approximate surface area is 111 Å². The van der Waals surface area contributed by atoms with Crippen LogP contribution >= 0.6 is 11.3 Å². The monoisotopic (exact) mass is 260 g/mol. The van der Waals surface area contributed by atoms with E-state index in [1.54, 1.807) is 11.3 Å². The molecule has 0 amide bonds. The van der Waals surface area contributed by atoms with Crippen molar-refractivity contribution in [3.63, 3.8) is 0 Å². The molecule has 1 aliphatic rings. The minimum atomic E-state index is -0.525. The Hall–Kier alpha value is -1.32. The van der Waals surface area contributed by atoms with Crippen molar-refractivity contribution in [1.29, 1.82) is 0 Å². The number of aliphatic hydroxyl groups excluding tert-OH is 1. The van der Waals surface area contributed by atoms with Gasteiger partial charge in [-0.05, 0) is 30.2 Å². The fourth-order valence-corrected chi connectivity index (χ4v) is 3.30. The van der Waals surface area contributed by atoms with Gasteiger partial charge in [-0.2, -0.15) is 0 Å². The fourth-order valence-electron chi connectivity index (χ4n) is 2.31. The Morgan fingerprint density at radius 3 is 2.89 bits per heavy atom. The zero-order valence-electron chi connectivity index (χ0n) is 10.3. The van der Waals surface area contributed by atoms with Crippen molar-refractivity contribution in [2.24, 2.45) is 0 Å². The van der Waals surface area contributed by atoms with Crippen LogP contribution in [0.4, 0.5) is 0 Å². The molecule has 2 aromatic rings. The van der Waals surface area contributed by atoms with E-state index in [4.69, 9.17) is 4.74 Å². The molecule has 3 rings (SSSR count). The van der Waals surface area contributed by atoms with Gasteiger partial charge in [0.15, 0.2) is 0 Å². The molecule has 2 unspecified atom stereocenters. The molecule has 2 heterocycles. The summed E-state index contributed by atoms with van der Waals surface area (Å²) in [6, 6.07) is 12.1. The third kappa shape index (κ3) is 2.04. The molecule has 94 valence electrons. The number of fused-ring (bicyclic) bond motifs is 1. The lowest BCUT2D eigenvalue weighted by Gasteiger charge is -2.16. The Kier molecular flexibility index (Phi) is 3.10. The molecule has 3 heteroatoms. The summed E-state index contributed by atoms with van der Waals surface area (Å²) in [7, 11) is 0. The van der Waals surface area contributed by atoms with E-state index in [0.717, 1.165) is 23.5 Å². The van der Waals surface area contributed by atoms with E-state index in [1.165, 1.54) is 10.4 Å². The highest BCUT2D eigenvalue weighted by molar-refractivity contribution is 7.12. The maximum Gasteiger partial charge on any atom is 0.134 e. The Morgan fingerprint density at radius 2 is 2.17 bits per heavy atom. The quantitative estimate of drug-likeness (QED) is 0.917. The number of aryl methyl sites for hydroxylation is 1. The van der Waals surface area contributed by atoms with Gasteiger partial charge in [0.2, 0.25) is 0 Å². The molecule has 2 atom stereocenters. The molecule has 2 nitrogen and oxygen atoms in total. The Morgan fingerprint density at radius 1 is 1.33 bits per heavy atom. The van der Waals surface area contributed by atoms with Crippen LogP contribution in [0.5, 0.6) is 5.75 Å². The third-order valence-electron chi connectivity index (χ3n) is 3.35. The molecule has 0 bridgehead atoms. The van der Waals surface area contributed by atoms with Gasteiger partial charge in [0.1, 0.15) is 18.0 Å². The molecule has 0 saturated carbocycles. The second-order valence-corrected chi connectivity index (χ2v) is 5.77. The minimum absolute atomic E-state index is 0.147. The molecule has 0 saturated heterocycles. The van der Waals surface area contributed by atoms with Gasteiger partial charge in [-0.3, -0.25) is 0 Å². The van der Waals surface area contributed by atoms with Gasteiger partial charge in [0.25, 0.3) is 0 Å². The molecule has 0 aliphatic carbocycles. The summed E-state index contributed by atoms with van der Waals surface area (Å²) in [5.41, 5.74) is 1.19. The molecule has 0 radical (unpaired) electrons. The number of aliphatic hydroxyl groups is 1. The summed E-state index contributed by atoms with van der Waals surface area (Å²) < 4.78 is 5.82. The molecule has 0 spiro atoms. The standard InChI is InChI=1S/C15H16O2S/c1-2-11-7-8-14(18-11)15(16)13-9-10-5-3-4-6-12(10)17-13/h3-8,13,15-16H,2,9H2,1H3. The highest BCUT2D eigenvalue weighted by Crippen LogP contribution is 2.36. The van der Waals surface area contributed by atoms with Crippen LogP contribution in [0, 0.1) is 0 Å². The van der Waals surface area contributed by atoms with Crippen molar-refractivity contribution in [3.8, 4) is 5.75 Å². The van der Waals surface area contributed by atoms with E-state index in [1.807, 2.05) is 24.3 Å². The summed E-state index contributed by atoms with van der Waals surface area (Å²) in [4.78, 5) is 2.31. The number of hydrogen-bond donors (Lipinski definition) is 1. The van der Waals surface area contributed by atoms with E-state index in [-0.39, 0.29) is 6.10 Å². The minimum Gasteiger partial charge on any atom is -0.487 e. The zero-order chi connectivity index (χ0) is 12.5. The molecule has 1 N–H and O–H groups in total. The highest BCUT2D eigenvalue weighted by Gasteiger charge is 2.30. The van der Waals surface area contributed by atoms with Gasteiger partial charge < -0.3 is 9.84 Å². The first-order valence-corrected chi connectivity index (χ1v) is 7.11. The third-order valence-corrected chi connectivity index (χ3v) is 4.65. The van der Waals surface area contributed by atoms with Crippen molar-refractivity contribution in [2.75, 3.05) is 0 Å². The summed E-state index contributed by atoms with van der Waals surface area (Å²) in [5.74, 6) is 0.911. The summed E-state index contributed by atoms with van der Waals surface area (Å²) in [6.07, 6.45) is 1.13. The average molecular weight is 260 g/mol. The maximum atomic E-state index is 10.4. The van der Waals surface area contributed by atoms with Gasteiger partial charge in [-0.1, -0.05) is 25.1 Å². The lowest BCUT2D eigenvalue weighted by molar-refractivity contribution is 0.0517. The first kappa shape index (κ1) is 11.8. The van der Waals surface area contributed by atoms with E-state index in [0.29, 0.717) is 0 Å².